The average Bonchev–Trinajstić information content (AvgIpc) is 0.923. The highest BCUT2D eigenvalue weighted by atomic mass is 32.1. The summed E-state index contributed by atoms with van der Waals surface area (Å²) in [5.74, 6) is -9.86. The number of hydrogen-bond acceptors (Lipinski definition) is 36. The van der Waals surface area contributed by atoms with Gasteiger partial charge in [0.25, 0.3) is 11.8 Å². The summed E-state index contributed by atoms with van der Waals surface area (Å²) in [4.78, 5) is 156. The van der Waals surface area contributed by atoms with Crippen LogP contribution in [-0.4, -0.2) is 309 Å². The number of nitrogens with two attached hydrogens (primary N) is 7. The van der Waals surface area contributed by atoms with E-state index in [0.29, 0.717) is 48.1 Å². The fourth-order valence-electron chi connectivity index (χ4n) is 11.1. The van der Waals surface area contributed by atoms with Crippen LogP contribution in [-0.2, 0) is 63.7 Å². The standard InChI is InChI=1S/C55H84N20O21S2.C10H20N2O4/c1-19-32(72-45(75-43(19)58)24(11-30(57)79)67-12-23(56)44(59)85)49(89)74-34(40(25-13-63-18-68-25)94-53-42(38(83)36(81)28(14-76)93-53)95-52-39(84)41(96-55(62)91)37(82)29(15-77)92-52)50(90)69-21(3)35(80)20(2)46(86)73-33(22(4)78)48(88)65-10-7-31-70-27(17-97-31)51-71-26(16-98-51)47(87)64-8-5-6-9-66-54(60)61;1-6(14)4-11-10(16)7(2)9(15)8(3)12-5-13/h13,16-18,20-24,28-29,33-42,52-53,67,76-78,80-84H,5-12,14-15,56H2,1-4H3,(H2,57,79)(H2,59,85)(H2,62,91)(H,63,68)(H,64,87)(H,65,88)(H,69,90)(H,73,86)(H,74,89)(H2,58,72,75)(H4,60,61,66);5-9,14-15H,4H2,1-3H3,(H,11,16)(H,12,13). The van der Waals surface area contributed by atoms with Crippen LogP contribution in [0.4, 0.5) is 10.6 Å². The topological polar surface area (TPSA) is 790 Å². The zero-order valence-electron chi connectivity index (χ0n) is 63.1. The molecule has 4 aromatic heterocycles. The first-order valence-electron chi connectivity index (χ1n) is 35.6. The molecule has 47 nitrogen and oxygen atoms in total. The Morgan fingerprint density at radius 3 is 1.96 bits per heavy atom. The molecule has 49 heteroatoms. The predicted octanol–water partition coefficient (Wildman–Crippen LogP) is -10.3. The first kappa shape index (κ1) is 95.1. The highest BCUT2D eigenvalue weighted by Crippen LogP contribution is 2.35. The van der Waals surface area contributed by atoms with Crippen molar-refractivity contribution >= 4 is 94.2 Å². The van der Waals surface area contributed by atoms with Crippen molar-refractivity contribution in [3.63, 3.8) is 0 Å². The highest BCUT2D eigenvalue weighted by Gasteiger charge is 2.54. The number of guanidine groups is 1. The van der Waals surface area contributed by atoms with Crippen LogP contribution >= 0.6 is 22.7 Å². The summed E-state index contributed by atoms with van der Waals surface area (Å²) in [6.07, 6.45) is -25.0. The van der Waals surface area contributed by atoms with Gasteiger partial charge in [0.15, 0.2) is 24.6 Å². The number of aromatic amines is 1. The number of ether oxygens (including phenoxy) is 5. The normalized spacial score (nSPS) is 22.8. The Morgan fingerprint density at radius 1 is 0.702 bits per heavy atom. The lowest BCUT2D eigenvalue weighted by Crippen LogP contribution is -2.65. The monoisotopic (exact) mass is 1660 g/mol. The van der Waals surface area contributed by atoms with Gasteiger partial charge >= 0.3 is 6.09 Å². The van der Waals surface area contributed by atoms with E-state index in [0.717, 1.165) is 12.5 Å². The van der Waals surface area contributed by atoms with Crippen LogP contribution in [0.3, 0.4) is 0 Å². The summed E-state index contributed by atoms with van der Waals surface area (Å²) in [6, 6.07) is -8.39. The molecule has 2 aliphatic heterocycles. The Hall–Kier alpha value is -9.52. The number of unbranched alkanes of at least 4 members (excludes halogenated alkanes) is 1. The molecule has 0 bridgehead atoms. The minimum atomic E-state index is -2.20. The Balaban J connectivity index is 0.00000130. The number of aromatic nitrogens is 6. The Bertz CT molecular complexity index is 3840. The lowest BCUT2D eigenvalue weighted by atomic mass is 9.96. The first-order valence-corrected chi connectivity index (χ1v) is 37.3. The first-order chi connectivity index (χ1) is 53.7. The van der Waals surface area contributed by atoms with Gasteiger partial charge in [0.2, 0.25) is 41.9 Å². The van der Waals surface area contributed by atoms with Crippen LogP contribution < -0.4 is 82.7 Å². The number of primary amides is 3. The van der Waals surface area contributed by atoms with Gasteiger partial charge in [-0.05, 0) is 47.5 Å². The molecular formula is C65H104N22O25S2. The maximum Gasteiger partial charge on any atom is 0.404 e. The van der Waals surface area contributed by atoms with Gasteiger partial charge in [-0.2, -0.15) is 0 Å². The van der Waals surface area contributed by atoms with E-state index in [2.05, 4.69) is 77.4 Å². The second-order valence-electron chi connectivity index (χ2n) is 26.7. The maximum absolute atomic E-state index is 15.2. The van der Waals surface area contributed by atoms with E-state index < -0.39 is 207 Å². The smallest absolute Gasteiger partial charge is 0.404 e. The van der Waals surface area contributed by atoms with E-state index in [1.165, 1.54) is 50.4 Å². The third kappa shape index (κ3) is 27.6. The van der Waals surface area contributed by atoms with E-state index in [1.807, 2.05) is 0 Å². The van der Waals surface area contributed by atoms with Gasteiger partial charge in [-0.1, -0.05) is 13.8 Å². The van der Waals surface area contributed by atoms with Crippen molar-refractivity contribution < 1.29 is 123 Å². The summed E-state index contributed by atoms with van der Waals surface area (Å²) in [5, 5.41) is 131. The Labute approximate surface area is 659 Å². The van der Waals surface area contributed by atoms with Crippen molar-refractivity contribution in [3.05, 3.63) is 56.8 Å². The molecule has 4 aromatic rings. The fraction of sp³-hybridized carbons (Fsp3) is 0.631. The van der Waals surface area contributed by atoms with Gasteiger partial charge in [-0.3, -0.25) is 48.1 Å². The largest absolute Gasteiger partial charge is 0.441 e. The average molecular weight is 1660 g/mol. The number of carbonyl (C=O) groups excluding carboxylic acids is 10. The quantitative estimate of drug-likeness (QED) is 0.00847. The van der Waals surface area contributed by atoms with Crippen LogP contribution in [0, 0.1) is 18.8 Å². The van der Waals surface area contributed by atoms with E-state index in [1.54, 1.807) is 31.5 Å². The highest BCUT2D eigenvalue weighted by molar-refractivity contribution is 7.14. The molecule has 2 saturated heterocycles. The van der Waals surface area contributed by atoms with Gasteiger partial charge in [0.1, 0.15) is 94.6 Å². The molecule has 2 fully saturated rings. The van der Waals surface area contributed by atoms with Crippen LogP contribution in [0.25, 0.3) is 10.7 Å². The summed E-state index contributed by atoms with van der Waals surface area (Å²) in [6.45, 7) is 8.25. The SMILES string of the molecule is CC(O)CNC(=O)C(C)C(O)C(C)NC=O.Cc1c(N)nc(C(CC(N)=O)NCC(N)C(N)=O)nc1C(=O)NC(C(=O)NC(C)C(O)C(C)C(=O)NC(C(=O)NCCc1nc(-c2nc(C(=O)NCCCCN=C(N)N)cs2)cs1)C(C)O)C(OC1OC(CO)C(O)C(O)C1OC1OC(CO)C(O)C(OC(N)=O)C1O)c1cnc[nH]1. The summed E-state index contributed by atoms with van der Waals surface area (Å²) in [7, 11) is 0. The molecule has 0 spiro atoms. The maximum atomic E-state index is 15.2. The number of H-pyrrole nitrogens is 1. The summed E-state index contributed by atoms with van der Waals surface area (Å²) in [5.41, 5.74) is 38.6. The van der Waals surface area contributed by atoms with Gasteiger partial charge in [0.05, 0.1) is 96.9 Å². The molecule has 0 aliphatic carbocycles. The minimum absolute atomic E-state index is 0.0175. The van der Waals surface area contributed by atoms with Crippen molar-refractivity contribution in [1.82, 2.24) is 72.4 Å². The Kier molecular flexibility index (Phi) is 38.0. The van der Waals surface area contributed by atoms with E-state index in [4.69, 9.17) is 68.9 Å². The number of rotatable bonds is 43. The fourth-order valence-corrected chi connectivity index (χ4v) is 12.7. The van der Waals surface area contributed by atoms with Crippen molar-refractivity contribution in [2.24, 2.45) is 51.2 Å². The second kappa shape index (κ2) is 45.5. The summed E-state index contributed by atoms with van der Waals surface area (Å²) >= 11 is 2.46. The number of aliphatic hydroxyl groups excluding tert-OH is 10. The van der Waals surface area contributed by atoms with Crippen LogP contribution in [0.2, 0.25) is 0 Å². The van der Waals surface area contributed by atoms with Gasteiger partial charge < -0.3 is 162 Å². The van der Waals surface area contributed by atoms with E-state index in [9.17, 15) is 89.1 Å². The van der Waals surface area contributed by atoms with Crippen molar-refractivity contribution in [3.8, 4) is 10.7 Å². The van der Waals surface area contributed by atoms with Crippen LogP contribution in [0.1, 0.15) is 116 Å². The molecule has 114 heavy (non-hydrogen) atoms. The predicted molar refractivity (Wildman–Crippen MR) is 399 cm³/mol. The van der Waals surface area contributed by atoms with Crippen LogP contribution in [0.15, 0.2) is 28.3 Å². The Morgan fingerprint density at radius 2 is 1.36 bits per heavy atom. The number of nitrogen functional groups attached to an aromatic ring is 1. The number of imidazole rings is 1. The number of carbonyl (C=O) groups is 10. The van der Waals surface area contributed by atoms with Crippen molar-refractivity contribution in [2.45, 2.75) is 202 Å². The van der Waals surface area contributed by atoms with Crippen LogP contribution in [0.5, 0.6) is 0 Å². The number of hydrogen-bond donors (Lipinski definition) is 26. The lowest BCUT2D eigenvalue weighted by Gasteiger charge is -2.47. The molecule has 6 rings (SSSR count). The third-order valence-corrected chi connectivity index (χ3v) is 19.5. The molecule has 10 amide bonds. The number of aliphatic hydroxyl groups is 10. The zero-order chi connectivity index (χ0) is 85.1. The molecule has 0 aromatic carbocycles. The van der Waals surface area contributed by atoms with E-state index in [-0.39, 0.29) is 72.4 Å². The molecule has 23 unspecified atom stereocenters. The number of anilines is 1. The molecule has 23 atom stereocenters. The van der Waals surface area contributed by atoms with Crippen molar-refractivity contribution in [1.29, 1.82) is 0 Å². The summed E-state index contributed by atoms with van der Waals surface area (Å²) < 4.78 is 28.7. The number of nitrogens with one attached hydrogen (secondary N) is 9. The zero-order valence-corrected chi connectivity index (χ0v) is 64.7. The number of amides is 10. The van der Waals surface area contributed by atoms with Gasteiger partial charge in [-0.25, -0.2) is 29.7 Å². The van der Waals surface area contributed by atoms with E-state index >= 15 is 4.79 Å². The molecule has 2 aliphatic rings. The molecule has 6 heterocycles. The van der Waals surface area contributed by atoms with Gasteiger partial charge in [-0.15, -0.1) is 22.7 Å². The second-order valence-corrected chi connectivity index (χ2v) is 28.5. The minimum Gasteiger partial charge on any atom is -0.441 e. The number of thiazole rings is 2. The molecule has 0 saturated carbocycles. The van der Waals surface area contributed by atoms with Crippen molar-refractivity contribution in [2.75, 3.05) is 51.7 Å². The molecule has 0 radical (unpaired) electrons. The van der Waals surface area contributed by atoms with Gasteiger partial charge in [0, 0.05) is 61.9 Å². The molecular weight excluding hydrogens is 1550 g/mol. The third-order valence-electron chi connectivity index (χ3n) is 17.8. The lowest BCUT2D eigenvalue weighted by molar-refractivity contribution is -0.372. The molecule has 636 valence electrons. The molecule has 33 N–H and O–H groups in total. The number of nitrogens with zero attached hydrogens (tertiary/aromatic N) is 6. The number of aliphatic imine (C=N–C) groups is 1.